The number of rotatable bonds is 0. The van der Waals surface area contributed by atoms with Gasteiger partial charge < -0.3 is 14.9 Å². The summed E-state index contributed by atoms with van der Waals surface area (Å²) in [6, 6.07) is 0. The molecule has 0 aliphatic carbocycles. The molecule has 60 valence electrons. The van der Waals surface area contributed by atoms with Gasteiger partial charge in [-0.15, -0.1) is 0 Å². The van der Waals surface area contributed by atoms with E-state index in [2.05, 4.69) is 0 Å². The molecule has 3 heteroatoms. The van der Waals surface area contributed by atoms with Gasteiger partial charge in [-0.25, -0.2) is 0 Å². The van der Waals surface area contributed by atoms with Crippen LogP contribution in [0.5, 0.6) is 0 Å². The molecule has 0 spiro atoms. The van der Waals surface area contributed by atoms with Crippen molar-refractivity contribution in [1.82, 2.24) is 0 Å². The van der Waals surface area contributed by atoms with Crippen LogP contribution < -0.4 is 0 Å². The first kappa shape index (κ1) is 7.98. The van der Waals surface area contributed by atoms with Crippen LogP contribution in [0.15, 0.2) is 0 Å². The molecule has 0 saturated carbocycles. The minimum absolute atomic E-state index is 0.0474. The highest BCUT2D eigenvalue weighted by atomic mass is 16.5. The smallest absolute Gasteiger partial charge is 0.106 e. The van der Waals surface area contributed by atoms with Crippen molar-refractivity contribution in [3.05, 3.63) is 0 Å². The van der Waals surface area contributed by atoms with Crippen LogP contribution >= 0.6 is 0 Å². The predicted octanol–water partition coefficient (Wildman–Crippen LogP) is -0.237. The van der Waals surface area contributed by atoms with Gasteiger partial charge in [-0.3, -0.25) is 0 Å². The predicted molar refractivity (Wildman–Crippen MR) is 36.6 cm³/mol. The zero-order valence-corrected chi connectivity index (χ0v) is 6.32. The van der Waals surface area contributed by atoms with Crippen molar-refractivity contribution >= 4 is 0 Å². The van der Waals surface area contributed by atoms with Crippen molar-refractivity contribution in [3.8, 4) is 0 Å². The van der Waals surface area contributed by atoms with Gasteiger partial charge in [-0.1, -0.05) is 6.92 Å². The minimum atomic E-state index is -0.719. The average Bonchev–Trinajstić information content (AvgIpc) is 1.93. The molecular formula is C7H14O3. The SMILES string of the molecule is CC1COC(C)[C@H](O)[C@@H]1O. The van der Waals surface area contributed by atoms with Crippen molar-refractivity contribution in [1.29, 1.82) is 0 Å². The van der Waals surface area contributed by atoms with E-state index in [1.807, 2.05) is 6.92 Å². The Morgan fingerprint density at radius 1 is 1.20 bits per heavy atom. The molecule has 0 bridgehead atoms. The summed E-state index contributed by atoms with van der Waals surface area (Å²) in [7, 11) is 0. The van der Waals surface area contributed by atoms with Gasteiger partial charge in [0.1, 0.15) is 6.10 Å². The van der Waals surface area contributed by atoms with Crippen LogP contribution in [-0.4, -0.2) is 35.1 Å². The van der Waals surface area contributed by atoms with Gasteiger partial charge in [0.05, 0.1) is 18.8 Å². The molecule has 0 aromatic heterocycles. The Labute approximate surface area is 60.6 Å². The maximum atomic E-state index is 9.29. The number of hydrogen-bond donors (Lipinski definition) is 2. The van der Waals surface area contributed by atoms with Crippen molar-refractivity contribution in [2.45, 2.75) is 32.2 Å². The zero-order chi connectivity index (χ0) is 7.72. The van der Waals surface area contributed by atoms with Crippen LogP contribution in [0, 0.1) is 5.92 Å². The van der Waals surface area contributed by atoms with Gasteiger partial charge in [0.15, 0.2) is 0 Å². The highest BCUT2D eigenvalue weighted by molar-refractivity contribution is 4.81. The largest absolute Gasteiger partial charge is 0.390 e. The van der Waals surface area contributed by atoms with E-state index in [0.717, 1.165) is 0 Å². The van der Waals surface area contributed by atoms with Gasteiger partial charge in [0, 0.05) is 5.92 Å². The van der Waals surface area contributed by atoms with Crippen molar-refractivity contribution in [2.75, 3.05) is 6.61 Å². The number of aliphatic hydroxyl groups is 2. The first-order valence-corrected chi connectivity index (χ1v) is 3.60. The topological polar surface area (TPSA) is 49.7 Å². The Bertz CT molecular complexity index is 101. The van der Waals surface area contributed by atoms with Gasteiger partial charge >= 0.3 is 0 Å². The minimum Gasteiger partial charge on any atom is -0.390 e. The fraction of sp³-hybridized carbons (Fsp3) is 1.00. The first-order valence-electron chi connectivity index (χ1n) is 3.60. The Hall–Kier alpha value is -0.120. The molecule has 10 heavy (non-hydrogen) atoms. The molecule has 2 N–H and O–H groups in total. The van der Waals surface area contributed by atoms with Crippen LogP contribution in [0.2, 0.25) is 0 Å². The molecule has 0 radical (unpaired) electrons. The molecule has 1 heterocycles. The second-order valence-electron chi connectivity index (χ2n) is 3.00. The lowest BCUT2D eigenvalue weighted by molar-refractivity contribution is -0.153. The van der Waals surface area contributed by atoms with Crippen LogP contribution in [0.1, 0.15) is 13.8 Å². The third-order valence-corrected chi connectivity index (χ3v) is 2.04. The monoisotopic (exact) mass is 146 g/mol. The standard InChI is InChI=1S/C7H14O3/c1-4-3-10-5(2)7(9)6(4)8/h4-9H,3H2,1-2H3/t4?,5?,6-,7+/m1/s1. The van der Waals surface area contributed by atoms with Crippen molar-refractivity contribution in [3.63, 3.8) is 0 Å². The van der Waals surface area contributed by atoms with Gasteiger partial charge in [0.2, 0.25) is 0 Å². The fourth-order valence-corrected chi connectivity index (χ4v) is 1.12. The van der Waals surface area contributed by atoms with E-state index in [0.29, 0.717) is 6.61 Å². The van der Waals surface area contributed by atoms with Crippen LogP contribution in [0.25, 0.3) is 0 Å². The molecule has 0 aromatic carbocycles. The Balaban J connectivity index is 2.52. The van der Waals surface area contributed by atoms with E-state index in [1.165, 1.54) is 0 Å². The Kier molecular flexibility index (Phi) is 2.28. The summed E-state index contributed by atoms with van der Waals surface area (Å²) in [6.45, 7) is 4.17. The third kappa shape index (κ3) is 1.31. The molecule has 1 aliphatic rings. The van der Waals surface area contributed by atoms with Crippen LogP contribution in [0.4, 0.5) is 0 Å². The fourth-order valence-electron chi connectivity index (χ4n) is 1.12. The molecule has 4 atom stereocenters. The van der Waals surface area contributed by atoms with Crippen LogP contribution in [-0.2, 0) is 4.74 Å². The lowest BCUT2D eigenvalue weighted by atomic mass is 9.95. The van der Waals surface area contributed by atoms with Crippen LogP contribution in [0.3, 0.4) is 0 Å². The summed E-state index contributed by atoms with van der Waals surface area (Å²) < 4.78 is 5.16. The van der Waals surface area contributed by atoms with E-state index < -0.39 is 12.2 Å². The molecule has 0 amide bonds. The molecule has 1 fully saturated rings. The van der Waals surface area contributed by atoms with Crippen molar-refractivity contribution in [2.24, 2.45) is 5.92 Å². The second-order valence-corrected chi connectivity index (χ2v) is 3.00. The molecule has 2 unspecified atom stereocenters. The van der Waals surface area contributed by atoms with E-state index in [4.69, 9.17) is 4.74 Å². The summed E-state index contributed by atoms with van der Waals surface area (Å²) in [6.07, 6.45) is -1.57. The van der Waals surface area contributed by atoms with E-state index in [1.54, 1.807) is 6.92 Å². The maximum absolute atomic E-state index is 9.29. The summed E-state index contributed by atoms with van der Waals surface area (Å²) in [4.78, 5) is 0. The molecule has 1 saturated heterocycles. The second kappa shape index (κ2) is 2.86. The number of ether oxygens (including phenoxy) is 1. The Morgan fingerprint density at radius 3 is 2.30 bits per heavy atom. The number of aliphatic hydroxyl groups excluding tert-OH is 2. The van der Waals surface area contributed by atoms with Gasteiger partial charge in [0.25, 0.3) is 0 Å². The van der Waals surface area contributed by atoms with E-state index in [-0.39, 0.29) is 12.0 Å². The lowest BCUT2D eigenvalue weighted by Gasteiger charge is -2.34. The van der Waals surface area contributed by atoms with Crippen molar-refractivity contribution < 1.29 is 14.9 Å². The van der Waals surface area contributed by atoms with E-state index in [9.17, 15) is 10.2 Å². The van der Waals surface area contributed by atoms with Gasteiger partial charge in [-0.05, 0) is 6.92 Å². The summed E-state index contributed by atoms with van der Waals surface area (Å²) in [5.41, 5.74) is 0. The highest BCUT2D eigenvalue weighted by Crippen LogP contribution is 2.18. The maximum Gasteiger partial charge on any atom is 0.106 e. The normalized spacial score (nSPS) is 49.2. The van der Waals surface area contributed by atoms with Gasteiger partial charge in [-0.2, -0.15) is 0 Å². The molecular weight excluding hydrogens is 132 g/mol. The number of hydrogen-bond acceptors (Lipinski definition) is 3. The summed E-state index contributed by atoms with van der Waals surface area (Å²) >= 11 is 0. The first-order chi connectivity index (χ1) is 4.63. The Morgan fingerprint density at radius 2 is 1.80 bits per heavy atom. The highest BCUT2D eigenvalue weighted by Gasteiger charge is 2.33. The molecule has 0 aromatic rings. The third-order valence-electron chi connectivity index (χ3n) is 2.04. The van der Waals surface area contributed by atoms with E-state index >= 15 is 0 Å². The lowest BCUT2D eigenvalue weighted by Crippen LogP contribution is -2.47. The zero-order valence-electron chi connectivity index (χ0n) is 6.32. The average molecular weight is 146 g/mol. The molecule has 3 nitrogen and oxygen atoms in total. The molecule has 1 rings (SSSR count). The summed E-state index contributed by atoms with van der Waals surface area (Å²) in [5.74, 6) is 0.0474. The molecule has 1 aliphatic heterocycles. The summed E-state index contributed by atoms with van der Waals surface area (Å²) in [5, 5.41) is 18.5. The quantitative estimate of drug-likeness (QED) is 0.496.